The molecule has 2 aromatic carbocycles. The number of carbonyl (C=O) groups is 2. The number of ether oxygens (including phenoxy) is 1. The van der Waals surface area contributed by atoms with Gasteiger partial charge in [0.25, 0.3) is 5.91 Å². The molecule has 0 saturated carbocycles. The van der Waals surface area contributed by atoms with Gasteiger partial charge in [0.1, 0.15) is 0 Å². The third kappa shape index (κ3) is 9.93. The van der Waals surface area contributed by atoms with E-state index in [1.807, 2.05) is 81.1 Å². The van der Waals surface area contributed by atoms with Crippen LogP contribution < -0.4 is 16.0 Å². The van der Waals surface area contributed by atoms with Gasteiger partial charge in [-0.3, -0.25) is 10.1 Å². The highest BCUT2D eigenvalue weighted by Gasteiger charge is 2.12. The highest BCUT2D eigenvalue weighted by atomic mass is 16.5. The zero-order valence-corrected chi connectivity index (χ0v) is 21.0. The van der Waals surface area contributed by atoms with Crippen LogP contribution in [0.1, 0.15) is 49.2 Å². The molecule has 1 heterocycles. The van der Waals surface area contributed by atoms with E-state index in [2.05, 4.69) is 16.0 Å². The van der Waals surface area contributed by atoms with Gasteiger partial charge in [-0.25, -0.2) is 4.79 Å². The number of hydrogen-bond donors (Lipinski definition) is 3. The van der Waals surface area contributed by atoms with Gasteiger partial charge in [0, 0.05) is 50.5 Å². The smallest absolute Gasteiger partial charge is 0.411 e. The van der Waals surface area contributed by atoms with E-state index >= 15 is 0 Å². The number of piperazine rings is 1. The summed E-state index contributed by atoms with van der Waals surface area (Å²) in [6.07, 6.45) is 0.279. The first-order valence-electron chi connectivity index (χ1n) is 12.2. The van der Waals surface area contributed by atoms with Crippen molar-refractivity contribution in [2.45, 2.75) is 34.1 Å². The summed E-state index contributed by atoms with van der Waals surface area (Å²) >= 11 is 0. The minimum Gasteiger partial charge on any atom is -0.449 e. The Balaban J connectivity index is 0.000000589. The topological polar surface area (TPSA) is 82.7 Å². The van der Waals surface area contributed by atoms with Crippen molar-refractivity contribution in [1.29, 1.82) is 0 Å². The van der Waals surface area contributed by atoms with E-state index in [0.717, 1.165) is 43.7 Å². The Bertz CT molecular complexity index is 864. The molecule has 1 aliphatic rings. The fourth-order valence-corrected chi connectivity index (χ4v) is 3.45. The van der Waals surface area contributed by atoms with Crippen molar-refractivity contribution in [2.24, 2.45) is 5.92 Å². The lowest BCUT2D eigenvalue weighted by molar-refractivity contribution is 0.0773. The second-order valence-corrected chi connectivity index (χ2v) is 8.67. The molecular formula is C27H40N4O3. The quantitative estimate of drug-likeness (QED) is 0.542. The monoisotopic (exact) mass is 468 g/mol. The number of hydrogen-bond acceptors (Lipinski definition) is 5. The number of carbonyl (C=O) groups excluding carboxylic acids is 2. The molecule has 3 rings (SSSR count). The maximum atomic E-state index is 12.4. The first kappa shape index (κ1) is 27.3. The van der Waals surface area contributed by atoms with Crippen LogP contribution >= 0.6 is 0 Å². The van der Waals surface area contributed by atoms with Crippen LogP contribution in [0.15, 0.2) is 48.5 Å². The highest BCUT2D eigenvalue weighted by molar-refractivity contribution is 5.94. The molecule has 0 unspecified atom stereocenters. The molecule has 34 heavy (non-hydrogen) atoms. The zero-order valence-electron chi connectivity index (χ0n) is 21.0. The molecule has 0 radical (unpaired) electrons. The van der Waals surface area contributed by atoms with Crippen molar-refractivity contribution in [1.82, 2.24) is 15.5 Å². The Labute approximate surface area is 204 Å². The maximum absolute atomic E-state index is 12.4. The Morgan fingerprint density at radius 1 is 0.941 bits per heavy atom. The van der Waals surface area contributed by atoms with Crippen molar-refractivity contribution in [3.8, 4) is 0 Å². The van der Waals surface area contributed by atoms with Crippen LogP contribution in [0.2, 0.25) is 0 Å². The van der Waals surface area contributed by atoms with E-state index in [1.165, 1.54) is 0 Å². The highest BCUT2D eigenvalue weighted by Crippen LogP contribution is 2.16. The fraction of sp³-hybridized carbons (Fsp3) is 0.481. The van der Waals surface area contributed by atoms with Crippen LogP contribution in [0.25, 0.3) is 0 Å². The summed E-state index contributed by atoms with van der Waals surface area (Å²) in [4.78, 5) is 26.0. The molecule has 1 saturated heterocycles. The number of amides is 2. The van der Waals surface area contributed by atoms with Crippen LogP contribution in [0.4, 0.5) is 10.5 Å². The number of nitrogens with one attached hydrogen (secondary N) is 3. The predicted molar refractivity (Wildman–Crippen MR) is 138 cm³/mol. The zero-order chi connectivity index (χ0) is 24.8. The van der Waals surface area contributed by atoms with Gasteiger partial charge in [0.05, 0.1) is 6.61 Å². The van der Waals surface area contributed by atoms with E-state index in [4.69, 9.17) is 4.74 Å². The average molecular weight is 469 g/mol. The van der Waals surface area contributed by atoms with Crippen molar-refractivity contribution in [2.75, 3.05) is 51.2 Å². The standard InChI is InChI=1S/C23H30N2O3.C4H10N2/c1-5-25(6-2)22(26)20-12-10-18(11-13-20)14-19-8-7-9-21(15-19)24-23(27)28-16-17(3)4;1-2-6-4-3-5-1/h7-13,15,17H,5-6,14,16H2,1-4H3,(H,24,27);5-6H,1-4H2. The number of benzene rings is 2. The molecule has 0 spiro atoms. The minimum atomic E-state index is -0.440. The largest absolute Gasteiger partial charge is 0.449 e. The Kier molecular flexibility index (Phi) is 12.1. The molecule has 186 valence electrons. The van der Waals surface area contributed by atoms with Crippen LogP contribution in [-0.2, 0) is 11.2 Å². The van der Waals surface area contributed by atoms with Gasteiger partial charge < -0.3 is 20.3 Å². The van der Waals surface area contributed by atoms with E-state index in [9.17, 15) is 9.59 Å². The summed E-state index contributed by atoms with van der Waals surface area (Å²) in [6.45, 7) is 14.3. The van der Waals surface area contributed by atoms with Crippen LogP contribution in [0.5, 0.6) is 0 Å². The molecule has 0 atom stereocenters. The van der Waals surface area contributed by atoms with E-state index < -0.39 is 6.09 Å². The number of rotatable bonds is 8. The molecule has 3 N–H and O–H groups in total. The van der Waals surface area contributed by atoms with Crippen LogP contribution in [0, 0.1) is 5.92 Å². The van der Waals surface area contributed by atoms with Gasteiger partial charge in [0.15, 0.2) is 0 Å². The first-order valence-corrected chi connectivity index (χ1v) is 12.2. The summed E-state index contributed by atoms with van der Waals surface area (Å²) in [5.74, 6) is 0.358. The molecule has 1 aliphatic heterocycles. The normalized spacial score (nSPS) is 13.0. The predicted octanol–water partition coefficient (Wildman–Crippen LogP) is 4.14. The maximum Gasteiger partial charge on any atom is 0.411 e. The van der Waals surface area contributed by atoms with E-state index in [-0.39, 0.29) is 5.91 Å². The minimum absolute atomic E-state index is 0.0580. The SMILES string of the molecule is C1CNCCN1.CCN(CC)C(=O)c1ccc(Cc2cccc(NC(=O)OCC(C)C)c2)cc1. The molecule has 0 aliphatic carbocycles. The molecule has 7 heteroatoms. The molecule has 0 aromatic heterocycles. The van der Waals surface area contributed by atoms with Crippen molar-refractivity contribution in [3.05, 3.63) is 65.2 Å². The van der Waals surface area contributed by atoms with Gasteiger partial charge in [-0.2, -0.15) is 0 Å². The van der Waals surface area contributed by atoms with Gasteiger partial charge in [-0.1, -0.05) is 38.1 Å². The summed E-state index contributed by atoms with van der Waals surface area (Å²) in [7, 11) is 0. The summed E-state index contributed by atoms with van der Waals surface area (Å²) in [6, 6.07) is 15.4. The van der Waals surface area contributed by atoms with Crippen LogP contribution in [0.3, 0.4) is 0 Å². The third-order valence-corrected chi connectivity index (χ3v) is 5.34. The lowest BCUT2D eigenvalue weighted by Crippen LogP contribution is -2.39. The number of nitrogens with zero attached hydrogens (tertiary/aromatic N) is 1. The molecule has 7 nitrogen and oxygen atoms in total. The molecule has 2 aromatic rings. The Morgan fingerprint density at radius 3 is 2.09 bits per heavy atom. The van der Waals surface area contributed by atoms with Gasteiger partial charge in [-0.15, -0.1) is 0 Å². The Morgan fingerprint density at radius 2 is 1.56 bits per heavy atom. The molecule has 1 fully saturated rings. The second-order valence-electron chi connectivity index (χ2n) is 8.67. The lowest BCUT2D eigenvalue weighted by Gasteiger charge is -2.18. The first-order chi connectivity index (χ1) is 16.4. The molecule has 0 bridgehead atoms. The Hall–Kier alpha value is -2.90. The van der Waals surface area contributed by atoms with Crippen LogP contribution in [-0.4, -0.2) is 62.8 Å². The third-order valence-electron chi connectivity index (χ3n) is 5.34. The van der Waals surface area contributed by atoms with Crippen molar-refractivity contribution < 1.29 is 14.3 Å². The van der Waals surface area contributed by atoms with Crippen molar-refractivity contribution in [3.63, 3.8) is 0 Å². The molecule has 2 amide bonds. The number of anilines is 1. The fourth-order valence-electron chi connectivity index (χ4n) is 3.45. The average Bonchev–Trinajstić information content (AvgIpc) is 2.85. The second kappa shape index (κ2) is 15.1. The van der Waals surface area contributed by atoms with Gasteiger partial charge in [-0.05, 0) is 61.6 Å². The molecular weight excluding hydrogens is 428 g/mol. The van der Waals surface area contributed by atoms with E-state index in [0.29, 0.717) is 36.9 Å². The van der Waals surface area contributed by atoms with Crippen molar-refractivity contribution >= 4 is 17.7 Å². The lowest BCUT2D eigenvalue weighted by atomic mass is 10.0. The van der Waals surface area contributed by atoms with Gasteiger partial charge in [0.2, 0.25) is 0 Å². The summed E-state index contributed by atoms with van der Waals surface area (Å²) < 4.78 is 5.15. The van der Waals surface area contributed by atoms with Gasteiger partial charge >= 0.3 is 6.09 Å². The summed E-state index contributed by atoms with van der Waals surface area (Å²) in [5.41, 5.74) is 3.59. The van der Waals surface area contributed by atoms with E-state index in [1.54, 1.807) is 0 Å². The summed E-state index contributed by atoms with van der Waals surface area (Å²) in [5, 5.41) is 9.21.